The van der Waals surface area contributed by atoms with Gasteiger partial charge in [-0.3, -0.25) is 4.98 Å². The van der Waals surface area contributed by atoms with Gasteiger partial charge in [0, 0.05) is 24.6 Å². The molecule has 3 rings (SSSR count). The molecule has 0 aliphatic carbocycles. The second-order valence-electron chi connectivity index (χ2n) is 5.64. The van der Waals surface area contributed by atoms with Crippen LogP contribution in [-0.2, 0) is 6.54 Å². The van der Waals surface area contributed by atoms with Crippen molar-refractivity contribution in [3.05, 3.63) is 65.7 Å². The predicted octanol–water partition coefficient (Wildman–Crippen LogP) is 3.43. The molecule has 3 aromatic rings. The summed E-state index contributed by atoms with van der Waals surface area (Å²) in [5.41, 5.74) is 11.1. The lowest BCUT2D eigenvalue weighted by atomic mass is 10.1. The van der Waals surface area contributed by atoms with Gasteiger partial charge in [0.15, 0.2) is 11.6 Å². The highest BCUT2D eigenvalue weighted by molar-refractivity contribution is 5.78. The summed E-state index contributed by atoms with van der Waals surface area (Å²) in [7, 11) is 0. The van der Waals surface area contributed by atoms with Gasteiger partial charge in [0.05, 0.1) is 0 Å². The quantitative estimate of drug-likeness (QED) is 0.667. The van der Waals surface area contributed by atoms with Crippen LogP contribution in [0.1, 0.15) is 16.7 Å². The second kappa shape index (κ2) is 6.95. The molecule has 24 heavy (non-hydrogen) atoms. The molecular formula is C18H20N6. The van der Waals surface area contributed by atoms with Crippen LogP contribution in [0.2, 0.25) is 0 Å². The molecule has 122 valence electrons. The summed E-state index contributed by atoms with van der Waals surface area (Å²) >= 11 is 0. The van der Waals surface area contributed by atoms with Crippen molar-refractivity contribution in [2.24, 2.45) is 0 Å². The summed E-state index contributed by atoms with van der Waals surface area (Å²) in [6.07, 6.45) is 5.04. The van der Waals surface area contributed by atoms with E-state index in [1.807, 2.05) is 31.2 Å². The highest BCUT2D eigenvalue weighted by Crippen LogP contribution is 2.27. The molecule has 0 aliphatic heterocycles. The topological polar surface area (TPSA) is 88.8 Å². The Bertz CT molecular complexity index is 832. The molecule has 0 spiro atoms. The number of benzene rings is 1. The van der Waals surface area contributed by atoms with Crippen LogP contribution in [-0.4, -0.2) is 15.0 Å². The van der Waals surface area contributed by atoms with Crippen molar-refractivity contribution < 1.29 is 0 Å². The van der Waals surface area contributed by atoms with Crippen LogP contribution in [0.25, 0.3) is 0 Å². The van der Waals surface area contributed by atoms with Crippen molar-refractivity contribution in [2.45, 2.75) is 20.4 Å². The smallest absolute Gasteiger partial charge is 0.159 e. The van der Waals surface area contributed by atoms with E-state index < -0.39 is 0 Å². The van der Waals surface area contributed by atoms with Crippen LogP contribution in [0.4, 0.5) is 23.0 Å². The van der Waals surface area contributed by atoms with E-state index in [0.29, 0.717) is 23.9 Å². The molecule has 6 heteroatoms. The van der Waals surface area contributed by atoms with Crippen molar-refractivity contribution in [2.75, 3.05) is 16.4 Å². The van der Waals surface area contributed by atoms with Crippen LogP contribution >= 0.6 is 0 Å². The Labute approximate surface area is 141 Å². The van der Waals surface area contributed by atoms with Crippen molar-refractivity contribution in [1.82, 2.24) is 15.0 Å². The van der Waals surface area contributed by atoms with E-state index in [2.05, 4.69) is 38.6 Å². The Balaban J connectivity index is 1.78. The van der Waals surface area contributed by atoms with Gasteiger partial charge >= 0.3 is 0 Å². The first kappa shape index (κ1) is 15.7. The van der Waals surface area contributed by atoms with Crippen LogP contribution < -0.4 is 16.4 Å². The Morgan fingerprint density at radius 3 is 2.67 bits per heavy atom. The fraction of sp³-hybridized carbons (Fsp3) is 0.167. The summed E-state index contributed by atoms with van der Waals surface area (Å²) in [6.45, 7) is 4.71. The number of nitrogens with zero attached hydrogens (tertiary/aromatic N) is 3. The lowest BCUT2D eigenvalue weighted by molar-refractivity contribution is 1.07. The number of nitrogen functional groups attached to an aromatic ring is 1. The number of hydrogen-bond acceptors (Lipinski definition) is 6. The molecule has 0 unspecified atom stereocenters. The number of hydrogen-bond donors (Lipinski definition) is 3. The zero-order chi connectivity index (χ0) is 16.9. The Morgan fingerprint density at radius 1 is 1.08 bits per heavy atom. The molecule has 0 saturated carbocycles. The molecule has 2 aromatic heterocycles. The number of pyridine rings is 1. The predicted molar refractivity (Wildman–Crippen MR) is 97.2 cm³/mol. The summed E-state index contributed by atoms with van der Waals surface area (Å²) in [5, 5.41) is 6.50. The average Bonchev–Trinajstić information content (AvgIpc) is 2.59. The molecule has 6 nitrogen and oxygen atoms in total. The molecule has 0 bridgehead atoms. The maximum absolute atomic E-state index is 6.21. The number of aromatic nitrogens is 3. The van der Waals surface area contributed by atoms with Crippen LogP contribution in [0.3, 0.4) is 0 Å². The van der Waals surface area contributed by atoms with E-state index in [1.165, 1.54) is 11.9 Å². The van der Waals surface area contributed by atoms with E-state index in [1.54, 1.807) is 12.4 Å². The highest BCUT2D eigenvalue weighted by atomic mass is 15.1. The molecule has 0 saturated heterocycles. The monoisotopic (exact) mass is 320 g/mol. The minimum absolute atomic E-state index is 0.487. The Kier molecular flexibility index (Phi) is 4.56. The summed E-state index contributed by atoms with van der Waals surface area (Å²) < 4.78 is 0. The molecular weight excluding hydrogens is 300 g/mol. The van der Waals surface area contributed by atoms with Crippen LogP contribution in [0, 0.1) is 13.8 Å². The fourth-order valence-corrected chi connectivity index (χ4v) is 2.41. The van der Waals surface area contributed by atoms with Gasteiger partial charge in [-0.05, 0) is 37.1 Å². The number of anilines is 4. The minimum atomic E-state index is 0.487. The maximum Gasteiger partial charge on any atom is 0.159 e. The van der Waals surface area contributed by atoms with Crippen LogP contribution in [0.15, 0.2) is 49.1 Å². The third-order valence-electron chi connectivity index (χ3n) is 3.70. The molecule has 0 amide bonds. The third kappa shape index (κ3) is 3.60. The van der Waals surface area contributed by atoms with Crippen molar-refractivity contribution in [1.29, 1.82) is 0 Å². The molecule has 0 radical (unpaired) electrons. The first-order valence-corrected chi connectivity index (χ1v) is 7.71. The second-order valence-corrected chi connectivity index (χ2v) is 5.64. The third-order valence-corrected chi connectivity index (χ3v) is 3.70. The lowest BCUT2D eigenvalue weighted by Crippen LogP contribution is -2.08. The van der Waals surface area contributed by atoms with E-state index in [9.17, 15) is 0 Å². The lowest BCUT2D eigenvalue weighted by Gasteiger charge is -2.14. The SMILES string of the molecule is Cc1ccc(Nc2ncnc(NCc3cccnc3)c2N)c(C)c1. The van der Waals surface area contributed by atoms with Crippen LogP contribution in [0.5, 0.6) is 0 Å². The standard InChI is InChI=1S/C18H20N6/c1-12-5-6-15(13(2)8-12)24-18-16(19)17(22-11-23-18)21-10-14-4-3-7-20-9-14/h3-9,11H,10,19H2,1-2H3,(H2,21,22,23,24). The van der Waals surface area contributed by atoms with Gasteiger partial charge in [-0.1, -0.05) is 23.8 Å². The number of aryl methyl sites for hydroxylation is 2. The van der Waals surface area contributed by atoms with Crippen molar-refractivity contribution >= 4 is 23.0 Å². The molecule has 0 aliphatic rings. The average molecular weight is 320 g/mol. The minimum Gasteiger partial charge on any atom is -0.393 e. The Hall–Kier alpha value is -3.15. The van der Waals surface area contributed by atoms with Gasteiger partial charge in [0.25, 0.3) is 0 Å². The Morgan fingerprint density at radius 2 is 1.92 bits per heavy atom. The first-order chi connectivity index (χ1) is 11.6. The number of nitrogens with one attached hydrogen (secondary N) is 2. The van der Waals surface area contributed by atoms with E-state index in [-0.39, 0.29) is 0 Å². The maximum atomic E-state index is 6.21. The molecule has 2 heterocycles. The number of nitrogens with two attached hydrogens (primary N) is 1. The summed E-state index contributed by atoms with van der Waals surface area (Å²) in [5.74, 6) is 1.19. The van der Waals surface area contributed by atoms with Crippen molar-refractivity contribution in [3.63, 3.8) is 0 Å². The van der Waals surface area contributed by atoms with Gasteiger partial charge in [-0.15, -0.1) is 0 Å². The highest BCUT2D eigenvalue weighted by Gasteiger charge is 2.09. The van der Waals surface area contributed by atoms with E-state index in [0.717, 1.165) is 16.8 Å². The van der Waals surface area contributed by atoms with Gasteiger partial charge in [0.2, 0.25) is 0 Å². The van der Waals surface area contributed by atoms with E-state index >= 15 is 0 Å². The molecule has 4 N–H and O–H groups in total. The molecule has 1 aromatic carbocycles. The summed E-state index contributed by atoms with van der Waals surface area (Å²) in [6, 6.07) is 10.1. The van der Waals surface area contributed by atoms with Gasteiger partial charge in [0.1, 0.15) is 12.0 Å². The zero-order valence-corrected chi connectivity index (χ0v) is 13.7. The number of rotatable bonds is 5. The zero-order valence-electron chi connectivity index (χ0n) is 13.7. The van der Waals surface area contributed by atoms with Gasteiger partial charge < -0.3 is 16.4 Å². The summed E-state index contributed by atoms with van der Waals surface area (Å²) in [4.78, 5) is 12.6. The fourth-order valence-electron chi connectivity index (χ4n) is 2.41. The largest absolute Gasteiger partial charge is 0.393 e. The molecule has 0 fully saturated rings. The van der Waals surface area contributed by atoms with E-state index in [4.69, 9.17) is 5.73 Å². The first-order valence-electron chi connectivity index (χ1n) is 7.71. The van der Waals surface area contributed by atoms with Crippen molar-refractivity contribution in [3.8, 4) is 0 Å². The van der Waals surface area contributed by atoms with Gasteiger partial charge in [-0.25, -0.2) is 9.97 Å². The molecule has 0 atom stereocenters. The van der Waals surface area contributed by atoms with Gasteiger partial charge in [-0.2, -0.15) is 0 Å². The normalized spacial score (nSPS) is 10.4.